The van der Waals surface area contributed by atoms with E-state index in [-0.39, 0.29) is 24.0 Å². The summed E-state index contributed by atoms with van der Waals surface area (Å²) in [4.78, 5) is 4.36. The van der Waals surface area contributed by atoms with E-state index in [9.17, 15) is 0 Å². The van der Waals surface area contributed by atoms with Crippen LogP contribution in [0.3, 0.4) is 0 Å². The zero-order chi connectivity index (χ0) is 17.0. The topological polar surface area (TPSA) is 54.2 Å². The molecule has 2 rings (SSSR count). The fourth-order valence-electron chi connectivity index (χ4n) is 2.84. The normalized spacial score (nSPS) is 18.1. The summed E-state index contributed by atoms with van der Waals surface area (Å²) < 4.78 is 2.09. The molecule has 1 aliphatic carbocycles. The molecule has 0 aromatic carbocycles. The summed E-state index contributed by atoms with van der Waals surface area (Å²) in [5, 5.41) is 11.7. The van der Waals surface area contributed by atoms with Crippen molar-refractivity contribution in [3.63, 3.8) is 0 Å². The zero-order valence-electron chi connectivity index (χ0n) is 16.0. The number of aryl methyl sites for hydroxylation is 1. The lowest BCUT2D eigenvalue weighted by Gasteiger charge is -2.25. The maximum absolute atomic E-state index is 4.74. The minimum atomic E-state index is 0. The second kappa shape index (κ2) is 9.06. The largest absolute Gasteiger partial charge is 0.356 e. The summed E-state index contributed by atoms with van der Waals surface area (Å²) in [5.41, 5.74) is 3.00. The predicted molar refractivity (Wildman–Crippen MR) is 112 cm³/mol. The van der Waals surface area contributed by atoms with Crippen LogP contribution in [0, 0.1) is 5.41 Å². The van der Waals surface area contributed by atoms with Crippen molar-refractivity contribution in [2.24, 2.45) is 10.4 Å². The third-order valence-electron chi connectivity index (χ3n) is 4.36. The lowest BCUT2D eigenvalue weighted by Crippen LogP contribution is -2.46. The van der Waals surface area contributed by atoms with Crippen LogP contribution in [0.15, 0.2) is 11.2 Å². The number of hydrogen-bond donors (Lipinski definition) is 2. The smallest absolute Gasteiger partial charge is 0.191 e. The molecule has 0 saturated carbocycles. The van der Waals surface area contributed by atoms with E-state index in [0.29, 0.717) is 17.5 Å². The lowest BCUT2D eigenvalue weighted by atomic mass is 9.92. The highest BCUT2D eigenvalue weighted by Crippen LogP contribution is 2.22. The second-order valence-corrected chi connectivity index (χ2v) is 8.07. The first-order chi connectivity index (χ1) is 10.8. The van der Waals surface area contributed by atoms with Gasteiger partial charge >= 0.3 is 0 Å². The summed E-state index contributed by atoms with van der Waals surface area (Å²) >= 11 is 0. The number of rotatable bonds is 4. The van der Waals surface area contributed by atoms with Gasteiger partial charge in [-0.2, -0.15) is 5.10 Å². The highest BCUT2D eigenvalue weighted by molar-refractivity contribution is 14.0. The molecule has 0 fully saturated rings. The van der Waals surface area contributed by atoms with Crippen LogP contribution in [0.4, 0.5) is 0 Å². The number of aliphatic imine (C=N–C) groups is 1. The van der Waals surface area contributed by atoms with Gasteiger partial charge in [0.2, 0.25) is 0 Å². The van der Waals surface area contributed by atoms with E-state index in [1.54, 1.807) is 0 Å². The van der Waals surface area contributed by atoms with Crippen LogP contribution in [0.1, 0.15) is 64.8 Å². The van der Waals surface area contributed by atoms with Gasteiger partial charge in [0.25, 0.3) is 0 Å². The Morgan fingerprint density at radius 2 is 2.12 bits per heavy atom. The van der Waals surface area contributed by atoms with E-state index in [0.717, 1.165) is 38.2 Å². The Kier molecular flexibility index (Phi) is 8.02. The van der Waals surface area contributed by atoms with E-state index in [1.165, 1.54) is 11.3 Å². The van der Waals surface area contributed by atoms with Gasteiger partial charge in [-0.1, -0.05) is 20.8 Å². The molecule has 0 saturated heterocycles. The van der Waals surface area contributed by atoms with Crippen LogP contribution in [-0.2, 0) is 12.8 Å². The molecule has 24 heavy (non-hydrogen) atoms. The Hall–Kier alpha value is -0.790. The first-order valence-electron chi connectivity index (χ1n) is 8.82. The lowest BCUT2D eigenvalue weighted by molar-refractivity contribution is 0.376. The van der Waals surface area contributed by atoms with Gasteiger partial charge in [-0.25, -0.2) is 0 Å². The highest BCUT2D eigenvalue weighted by atomic mass is 127. The van der Waals surface area contributed by atoms with Crippen LogP contribution in [0.25, 0.3) is 0 Å². The number of fused-ring (bicyclic) bond motifs is 1. The zero-order valence-corrected chi connectivity index (χ0v) is 18.3. The van der Waals surface area contributed by atoms with Crippen LogP contribution in [0.2, 0.25) is 0 Å². The van der Waals surface area contributed by atoms with Crippen molar-refractivity contribution in [3.8, 4) is 0 Å². The minimum absolute atomic E-state index is 0. The first-order valence-corrected chi connectivity index (χ1v) is 8.82. The molecule has 0 aliphatic heterocycles. The predicted octanol–water partition coefficient (Wildman–Crippen LogP) is 3.54. The number of nitrogens with zero attached hydrogens (tertiary/aromatic N) is 3. The molecule has 2 N–H and O–H groups in total. The SMILES string of the molecule is CN=C(NCCC(C)(C)C)NC1CCc2cn(C(C)C)nc2C1.I. The van der Waals surface area contributed by atoms with Gasteiger partial charge in [0.05, 0.1) is 5.69 Å². The van der Waals surface area contributed by atoms with E-state index < -0.39 is 0 Å². The van der Waals surface area contributed by atoms with E-state index >= 15 is 0 Å². The van der Waals surface area contributed by atoms with Crippen molar-refractivity contribution in [1.29, 1.82) is 0 Å². The van der Waals surface area contributed by atoms with Crippen molar-refractivity contribution in [2.75, 3.05) is 13.6 Å². The van der Waals surface area contributed by atoms with Gasteiger partial charge in [0.15, 0.2) is 5.96 Å². The van der Waals surface area contributed by atoms with Crippen molar-refractivity contribution < 1.29 is 0 Å². The molecule has 0 radical (unpaired) electrons. The number of nitrogens with one attached hydrogen (secondary N) is 2. The van der Waals surface area contributed by atoms with Crippen LogP contribution in [-0.4, -0.2) is 35.4 Å². The second-order valence-electron chi connectivity index (χ2n) is 8.07. The monoisotopic (exact) mass is 447 g/mol. The summed E-state index contributed by atoms with van der Waals surface area (Å²) in [6.45, 7) is 12.1. The fraction of sp³-hybridized carbons (Fsp3) is 0.778. The van der Waals surface area contributed by atoms with Crippen LogP contribution in [0.5, 0.6) is 0 Å². The quantitative estimate of drug-likeness (QED) is 0.422. The molecular formula is C18H34IN5. The van der Waals surface area contributed by atoms with Gasteiger partial charge in [-0.05, 0) is 44.1 Å². The number of halogens is 1. The maximum atomic E-state index is 4.74. The third kappa shape index (κ3) is 6.26. The van der Waals surface area contributed by atoms with Crippen molar-refractivity contribution in [1.82, 2.24) is 20.4 Å². The molecule has 0 spiro atoms. The third-order valence-corrected chi connectivity index (χ3v) is 4.36. The Labute approximate surface area is 164 Å². The Bertz CT molecular complexity index is 542. The van der Waals surface area contributed by atoms with Gasteiger partial charge in [-0.15, -0.1) is 24.0 Å². The Morgan fingerprint density at radius 3 is 2.71 bits per heavy atom. The molecule has 138 valence electrons. The molecule has 1 aromatic heterocycles. The minimum Gasteiger partial charge on any atom is -0.356 e. The van der Waals surface area contributed by atoms with Gasteiger partial charge in [0.1, 0.15) is 0 Å². The Balaban J connectivity index is 0.00000288. The average Bonchev–Trinajstić information content (AvgIpc) is 2.88. The van der Waals surface area contributed by atoms with Gasteiger partial charge in [-0.3, -0.25) is 9.67 Å². The first kappa shape index (κ1) is 21.3. The summed E-state index contributed by atoms with van der Waals surface area (Å²) in [7, 11) is 1.84. The van der Waals surface area contributed by atoms with E-state index in [1.807, 2.05) is 7.05 Å². The maximum Gasteiger partial charge on any atom is 0.191 e. The molecule has 6 heteroatoms. The average molecular weight is 447 g/mol. The molecule has 5 nitrogen and oxygen atoms in total. The number of aromatic nitrogens is 2. The van der Waals surface area contributed by atoms with Crippen molar-refractivity contribution in [2.45, 2.75) is 72.4 Å². The Morgan fingerprint density at radius 1 is 1.42 bits per heavy atom. The molecule has 1 unspecified atom stereocenters. The summed E-state index contributed by atoms with van der Waals surface area (Å²) in [5.74, 6) is 0.908. The van der Waals surface area contributed by atoms with Crippen molar-refractivity contribution in [3.05, 3.63) is 17.5 Å². The molecule has 1 atom stereocenters. The van der Waals surface area contributed by atoms with E-state index in [2.05, 4.69) is 61.1 Å². The fourth-order valence-corrected chi connectivity index (χ4v) is 2.84. The molecule has 1 aliphatic rings. The summed E-state index contributed by atoms with van der Waals surface area (Å²) in [6, 6.07) is 0.845. The van der Waals surface area contributed by atoms with E-state index in [4.69, 9.17) is 5.10 Å². The standard InChI is InChI=1S/C18H33N5.HI/c1-13(2)23-12-14-7-8-15(11-16(14)22-23)21-17(19-6)20-10-9-18(3,4)5;/h12-13,15H,7-11H2,1-6H3,(H2,19,20,21);1H. The molecule has 1 heterocycles. The number of hydrogen-bond acceptors (Lipinski definition) is 2. The summed E-state index contributed by atoms with van der Waals surface area (Å²) in [6.07, 6.45) is 6.55. The van der Waals surface area contributed by atoms with Gasteiger partial charge in [0, 0.05) is 38.3 Å². The van der Waals surface area contributed by atoms with Gasteiger partial charge < -0.3 is 10.6 Å². The molecular weight excluding hydrogens is 413 g/mol. The number of guanidine groups is 1. The van der Waals surface area contributed by atoms with Crippen LogP contribution < -0.4 is 10.6 Å². The van der Waals surface area contributed by atoms with Crippen LogP contribution >= 0.6 is 24.0 Å². The molecule has 1 aromatic rings. The van der Waals surface area contributed by atoms with Crippen molar-refractivity contribution >= 4 is 29.9 Å². The molecule has 0 amide bonds. The molecule has 0 bridgehead atoms. The highest BCUT2D eigenvalue weighted by Gasteiger charge is 2.23.